The SMILES string of the molecule is F/C(=C\I)C(F)(F)C(F)(F)C(F)(F)F. The second-order valence-corrected chi connectivity index (χ2v) is 2.73. The van der Waals surface area contributed by atoms with E-state index in [1.165, 1.54) is 0 Å². The van der Waals surface area contributed by atoms with Gasteiger partial charge in [0.25, 0.3) is 0 Å². The summed E-state index contributed by atoms with van der Waals surface area (Å²) in [6.45, 7) is 0. The highest BCUT2D eigenvalue weighted by atomic mass is 127. The highest BCUT2D eigenvalue weighted by Gasteiger charge is 2.74. The Kier molecular flexibility index (Phi) is 3.79. The normalized spacial score (nSPS) is 15.9. The van der Waals surface area contributed by atoms with E-state index < -0.39 is 23.8 Å². The first-order valence-electron chi connectivity index (χ1n) is 2.77. The summed E-state index contributed by atoms with van der Waals surface area (Å²) in [5, 5.41) is 0. The molecule has 0 atom stereocenters. The predicted molar refractivity (Wildman–Crippen MR) is 39.2 cm³/mol. The van der Waals surface area contributed by atoms with Crippen molar-refractivity contribution in [1.29, 1.82) is 0 Å². The lowest BCUT2D eigenvalue weighted by molar-refractivity contribution is -0.347. The highest BCUT2D eigenvalue weighted by molar-refractivity contribution is 14.1. The van der Waals surface area contributed by atoms with Gasteiger partial charge in [-0.1, -0.05) is 0 Å². The van der Waals surface area contributed by atoms with Crippen molar-refractivity contribution in [2.24, 2.45) is 0 Å². The zero-order valence-corrected chi connectivity index (χ0v) is 8.14. The third-order valence-electron chi connectivity index (χ3n) is 1.15. The molecular weight excluding hydrogens is 339 g/mol. The molecule has 0 aliphatic carbocycles. The molecule has 0 radical (unpaired) electrons. The van der Waals surface area contributed by atoms with Crippen molar-refractivity contribution in [2.45, 2.75) is 18.0 Å². The number of rotatable bonds is 2. The minimum atomic E-state index is -6.51. The molecule has 0 bridgehead atoms. The van der Waals surface area contributed by atoms with Crippen molar-refractivity contribution in [2.75, 3.05) is 0 Å². The summed E-state index contributed by atoms with van der Waals surface area (Å²) in [6, 6.07) is 0. The van der Waals surface area contributed by atoms with E-state index >= 15 is 0 Å². The Morgan fingerprint density at radius 2 is 1.29 bits per heavy atom. The fourth-order valence-electron chi connectivity index (χ4n) is 0.397. The van der Waals surface area contributed by atoms with E-state index in [4.69, 9.17) is 0 Å². The molecule has 0 aromatic carbocycles. The third kappa shape index (κ3) is 2.11. The van der Waals surface area contributed by atoms with Crippen molar-refractivity contribution in [3.05, 3.63) is 9.91 Å². The van der Waals surface area contributed by atoms with Gasteiger partial charge in [-0.3, -0.25) is 0 Å². The Morgan fingerprint density at radius 3 is 1.50 bits per heavy atom. The second kappa shape index (κ2) is 3.81. The molecule has 0 saturated heterocycles. The minimum absolute atomic E-state index is 0.183. The molecule has 9 heteroatoms. The van der Waals surface area contributed by atoms with Gasteiger partial charge in [-0.15, -0.1) is 0 Å². The van der Waals surface area contributed by atoms with Gasteiger partial charge in [-0.25, -0.2) is 4.39 Å². The van der Waals surface area contributed by atoms with Crippen LogP contribution in [0.1, 0.15) is 0 Å². The van der Waals surface area contributed by atoms with Gasteiger partial charge in [0.1, 0.15) is 0 Å². The van der Waals surface area contributed by atoms with Crippen molar-refractivity contribution >= 4 is 22.6 Å². The van der Waals surface area contributed by atoms with E-state index in [0.717, 1.165) is 22.6 Å². The smallest absolute Gasteiger partial charge is 0.204 e. The van der Waals surface area contributed by atoms with Crippen LogP contribution < -0.4 is 0 Å². The molecular formula is C5HF8I. The predicted octanol–water partition coefficient (Wildman–Crippen LogP) is 4.07. The van der Waals surface area contributed by atoms with E-state index in [9.17, 15) is 35.1 Å². The minimum Gasteiger partial charge on any atom is -0.204 e. The molecule has 0 saturated carbocycles. The molecule has 0 unspecified atom stereocenters. The molecule has 0 aliphatic rings. The van der Waals surface area contributed by atoms with E-state index in [-0.39, 0.29) is 4.08 Å². The zero-order chi connectivity index (χ0) is 11.8. The van der Waals surface area contributed by atoms with Gasteiger partial charge >= 0.3 is 18.0 Å². The Hall–Kier alpha value is -0.0900. The topological polar surface area (TPSA) is 0 Å². The fraction of sp³-hybridized carbons (Fsp3) is 0.600. The number of hydrogen-bond acceptors (Lipinski definition) is 0. The van der Waals surface area contributed by atoms with Gasteiger partial charge < -0.3 is 0 Å². The van der Waals surface area contributed by atoms with Crippen LogP contribution in [-0.4, -0.2) is 18.0 Å². The molecule has 0 spiro atoms. The first-order chi connectivity index (χ1) is 5.98. The maximum atomic E-state index is 12.2. The maximum Gasteiger partial charge on any atom is 0.460 e. The third-order valence-corrected chi connectivity index (χ3v) is 1.69. The quantitative estimate of drug-likeness (QED) is 0.525. The first kappa shape index (κ1) is 13.9. The van der Waals surface area contributed by atoms with Gasteiger partial charge in [0.15, 0.2) is 5.83 Å². The molecule has 0 aromatic heterocycles. The summed E-state index contributed by atoms with van der Waals surface area (Å²) in [6.07, 6.45) is -6.51. The van der Waals surface area contributed by atoms with E-state index in [0.29, 0.717) is 0 Å². The summed E-state index contributed by atoms with van der Waals surface area (Å²) in [5.74, 6) is -15.1. The lowest BCUT2D eigenvalue weighted by Crippen LogP contribution is -2.52. The summed E-state index contributed by atoms with van der Waals surface area (Å²) in [5.41, 5.74) is 0. The van der Waals surface area contributed by atoms with Gasteiger partial charge in [-0.2, -0.15) is 30.7 Å². The fourth-order valence-corrected chi connectivity index (χ4v) is 0.788. The van der Waals surface area contributed by atoms with E-state index in [1.807, 2.05) is 0 Å². The van der Waals surface area contributed by atoms with Gasteiger partial charge in [0.2, 0.25) is 0 Å². The average Bonchev–Trinajstić information content (AvgIpc) is 2.00. The monoisotopic (exact) mass is 340 g/mol. The van der Waals surface area contributed by atoms with E-state index in [1.54, 1.807) is 0 Å². The van der Waals surface area contributed by atoms with Crippen LogP contribution in [0.25, 0.3) is 0 Å². The summed E-state index contributed by atoms with van der Waals surface area (Å²) in [4.78, 5) is 0. The largest absolute Gasteiger partial charge is 0.460 e. The molecule has 0 heterocycles. The number of halogens is 9. The highest BCUT2D eigenvalue weighted by Crippen LogP contribution is 2.50. The standard InChI is InChI=1S/C5HF8I/c6-2(1-14)3(7,8)4(9,10)5(11,12)13/h1H/b2-1-. The van der Waals surface area contributed by atoms with Crippen molar-refractivity contribution in [1.82, 2.24) is 0 Å². The Balaban J connectivity index is 5.29. The Morgan fingerprint density at radius 1 is 0.929 bits per heavy atom. The van der Waals surface area contributed by atoms with Crippen molar-refractivity contribution in [3.63, 3.8) is 0 Å². The van der Waals surface area contributed by atoms with Crippen molar-refractivity contribution in [3.8, 4) is 0 Å². The molecule has 0 rings (SSSR count). The van der Waals surface area contributed by atoms with Crippen LogP contribution in [0.3, 0.4) is 0 Å². The molecule has 0 aromatic rings. The molecule has 0 aliphatic heterocycles. The summed E-state index contributed by atoms with van der Waals surface area (Å²) >= 11 is 0.789. The van der Waals surface area contributed by atoms with Crippen LogP contribution in [0.15, 0.2) is 9.91 Å². The Labute approximate surface area is 86.1 Å². The molecule has 0 N–H and O–H groups in total. The van der Waals surface area contributed by atoms with Crippen LogP contribution in [0, 0.1) is 0 Å². The lowest BCUT2D eigenvalue weighted by atomic mass is 10.1. The van der Waals surface area contributed by atoms with Crippen LogP contribution in [0.4, 0.5) is 35.1 Å². The summed E-state index contributed by atoms with van der Waals surface area (Å²) < 4.78 is 94.4. The number of alkyl halides is 7. The van der Waals surface area contributed by atoms with Crippen LogP contribution in [0.5, 0.6) is 0 Å². The van der Waals surface area contributed by atoms with Crippen LogP contribution in [0.2, 0.25) is 0 Å². The number of hydrogen-bond donors (Lipinski definition) is 0. The molecule has 84 valence electrons. The maximum absolute atomic E-state index is 12.2. The number of allylic oxidation sites excluding steroid dienone is 1. The molecule has 0 nitrogen and oxygen atoms in total. The van der Waals surface area contributed by atoms with Gasteiger partial charge in [0.05, 0.1) is 0 Å². The average molecular weight is 340 g/mol. The van der Waals surface area contributed by atoms with Crippen LogP contribution in [-0.2, 0) is 0 Å². The van der Waals surface area contributed by atoms with Gasteiger partial charge in [-0.05, 0) is 22.6 Å². The van der Waals surface area contributed by atoms with Crippen LogP contribution >= 0.6 is 22.6 Å². The molecule has 0 amide bonds. The van der Waals surface area contributed by atoms with Gasteiger partial charge in [0, 0.05) is 4.08 Å². The summed E-state index contributed by atoms with van der Waals surface area (Å²) in [7, 11) is 0. The Bertz CT molecular complexity index is 239. The van der Waals surface area contributed by atoms with E-state index in [2.05, 4.69) is 0 Å². The lowest BCUT2D eigenvalue weighted by Gasteiger charge is -2.26. The first-order valence-corrected chi connectivity index (χ1v) is 4.01. The molecule has 14 heavy (non-hydrogen) atoms. The zero-order valence-electron chi connectivity index (χ0n) is 5.98. The van der Waals surface area contributed by atoms with Crippen molar-refractivity contribution < 1.29 is 35.1 Å². The second-order valence-electron chi connectivity index (χ2n) is 2.10. The molecule has 0 fully saturated rings.